The van der Waals surface area contributed by atoms with Gasteiger partial charge in [0.1, 0.15) is 5.69 Å². The number of pyridine rings is 1. The summed E-state index contributed by atoms with van der Waals surface area (Å²) in [5.41, 5.74) is 7.19. The van der Waals surface area contributed by atoms with Crippen molar-refractivity contribution in [2.45, 2.75) is 13.3 Å². The van der Waals surface area contributed by atoms with Crippen LogP contribution in [0.4, 0.5) is 0 Å². The zero-order valence-electron chi connectivity index (χ0n) is 16.7. The van der Waals surface area contributed by atoms with E-state index in [0.29, 0.717) is 17.2 Å². The molecule has 5 rings (SSSR count). The molecule has 0 spiro atoms. The Morgan fingerprint density at radius 2 is 2.23 bits per heavy atom. The van der Waals surface area contributed by atoms with Crippen LogP contribution >= 0.6 is 11.3 Å². The van der Waals surface area contributed by atoms with Crippen molar-refractivity contribution < 1.29 is 0 Å². The van der Waals surface area contributed by atoms with Crippen LogP contribution in [-0.2, 0) is 0 Å². The molecule has 0 atom stereocenters. The topological polar surface area (TPSA) is 82.3 Å². The number of imidazole rings is 1. The Morgan fingerprint density at radius 3 is 3.03 bits per heavy atom. The Kier molecular flexibility index (Phi) is 4.90. The minimum atomic E-state index is 0.669. The molecule has 1 aliphatic rings. The summed E-state index contributed by atoms with van der Waals surface area (Å²) in [5, 5.41) is 16.8. The Balaban J connectivity index is 1.53. The first-order valence-electron chi connectivity index (χ1n) is 9.90. The van der Waals surface area contributed by atoms with Gasteiger partial charge in [-0.3, -0.25) is 5.10 Å². The summed E-state index contributed by atoms with van der Waals surface area (Å²) >= 11 is 1.67. The first-order valence-corrected chi connectivity index (χ1v) is 10.8. The summed E-state index contributed by atoms with van der Waals surface area (Å²) in [7, 11) is 0. The average molecular weight is 415 g/mol. The van der Waals surface area contributed by atoms with E-state index >= 15 is 0 Å². The second kappa shape index (κ2) is 7.85. The fourth-order valence-electron chi connectivity index (χ4n) is 3.69. The van der Waals surface area contributed by atoms with E-state index in [1.807, 2.05) is 12.1 Å². The Bertz CT molecular complexity index is 1370. The predicted octanol–water partition coefficient (Wildman–Crippen LogP) is 3.13. The van der Waals surface area contributed by atoms with E-state index in [9.17, 15) is 0 Å². The van der Waals surface area contributed by atoms with Gasteiger partial charge in [-0.2, -0.15) is 16.4 Å². The van der Waals surface area contributed by atoms with Crippen LogP contribution in [0.2, 0.25) is 0 Å². The number of aromatic nitrogens is 5. The smallest absolute Gasteiger partial charge is 0.178 e. The maximum absolute atomic E-state index is 4.67. The lowest BCUT2D eigenvalue weighted by atomic mass is 10.0. The van der Waals surface area contributed by atoms with Gasteiger partial charge >= 0.3 is 0 Å². The summed E-state index contributed by atoms with van der Waals surface area (Å²) in [5.74, 6) is 0.669. The average Bonchev–Trinajstić information content (AvgIpc) is 3.52. The zero-order valence-corrected chi connectivity index (χ0v) is 17.5. The van der Waals surface area contributed by atoms with Gasteiger partial charge in [0.2, 0.25) is 0 Å². The van der Waals surface area contributed by atoms with Crippen LogP contribution in [0.3, 0.4) is 0 Å². The van der Waals surface area contributed by atoms with Crippen LogP contribution in [0.5, 0.6) is 0 Å². The van der Waals surface area contributed by atoms with Crippen molar-refractivity contribution in [3.8, 4) is 22.6 Å². The molecule has 150 valence electrons. The normalized spacial score (nSPS) is 15.7. The second-order valence-corrected chi connectivity index (χ2v) is 8.10. The quantitative estimate of drug-likeness (QED) is 0.479. The van der Waals surface area contributed by atoms with Gasteiger partial charge < -0.3 is 10.3 Å². The third-order valence-corrected chi connectivity index (χ3v) is 6.10. The molecule has 7 heteroatoms. The van der Waals surface area contributed by atoms with Crippen molar-refractivity contribution in [1.82, 2.24) is 30.5 Å². The van der Waals surface area contributed by atoms with Crippen LogP contribution in [0.15, 0.2) is 52.4 Å². The molecule has 5 heterocycles. The van der Waals surface area contributed by atoms with Gasteiger partial charge in [-0.1, -0.05) is 18.7 Å². The van der Waals surface area contributed by atoms with Gasteiger partial charge in [-0.15, -0.1) is 0 Å². The number of H-pyrrole nitrogens is 2. The second-order valence-electron chi connectivity index (χ2n) is 7.32. The van der Waals surface area contributed by atoms with Gasteiger partial charge in [0.25, 0.3) is 0 Å². The van der Waals surface area contributed by atoms with Gasteiger partial charge in [-0.05, 0) is 65.6 Å². The van der Waals surface area contributed by atoms with E-state index in [4.69, 9.17) is 0 Å². The fourth-order valence-corrected chi connectivity index (χ4v) is 4.35. The predicted molar refractivity (Wildman–Crippen MR) is 123 cm³/mol. The van der Waals surface area contributed by atoms with E-state index in [-0.39, 0.29) is 0 Å². The Hall–Kier alpha value is -3.29. The monoisotopic (exact) mass is 414 g/mol. The standard InChI is InChI=1S/C23H22N6S/c1-14(16-5-9-24-10-6-16)3-4-19-15(2)20(29-28-19)23-26-21-18(17-8-12-30-13-17)7-11-25-22(21)27-23/h3-5,7-8,11-13,24,28H,2,6,9-10H2,1H3,(H,25,26,27)/b14-3+,19-4+. The maximum atomic E-state index is 4.67. The minimum absolute atomic E-state index is 0.669. The molecule has 0 amide bonds. The molecule has 0 fully saturated rings. The Labute approximate surface area is 177 Å². The molecule has 3 N–H and O–H groups in total. The minimum Gasteiger partial charge on any atom is -0.335 e. The van der Waals surface area contributed by atoms with Crippen LogP contribution < -0.4 is 15.9 Å². The van der Waals surface area contributed by atoms with E-state index in [1.54, 1.807) is 17.5 Å². The molecule has 4 aromatic heterocycles. The lowest BCUT2D eigenvalue weighted by molar-refractivity contribution is 0.707. The van der Waals surface area contributed by atoms with Crippen molar-refractivity contribution in [2.75, 3.05) is 13.1 Å². The first-order chi connectivity index (χ1) is 14.7. The van der Waals surface area contributed by atoms with E-state index in [2.05, 4.69) is 72.9 Å². The van der Waals surface area contributed by atoms with Crippen molar-refractivity contribution in [3.63, 3.8) is 0 Å². The highest BCUT2D eigenvalue weighted by atomic mass is 32.1. The fraction of sp³-hybridized carbons (Fsp3) is 0.174. The third kappa shape index (κ3) is 3.42. The highest BCUT2D eigenvalue weighted by molar-refractivity contribution is 7.08. The number of fused-ring (bicyclic) bond motifs is 1. The number of thiophene rings is 1. The summed E-state index contributed by atoms with van der Waals surface area (Å²) in [6.07, 6.45) is 9.25. The van der Waals surface area contributed by atoms with Gasteiger partial charge in [0.15, 0.2) is 11.5 Å². The van der Waals surface area contributed by atoms with Crippen LogP contribution in [-0.4, -0.2) is 38.2 Å². The summed E-state index contributed by atoms with van der Waals surface area (Å²) in [6.45, 7) is 8.34. The van der Waals surface area contributed by atoms with Gasteiger partial charge in [0.05, 0.1) is 10.9 Å². The van der Waals surface area contributed by atoms with Gasteiger partial charge in [0, 0.05) is 23.5 Å². The first kappa shape index (κ1) is 18.7. The molecule has 0 saturated carbocycles. The lowest BCUT2D eigenvalue weighted by Crippen LogP contribution is -2.22. The number of nitrogens with one attached hydrogen (secondary N) is 3. The number of hydrogen-bond acceptors (Lipinski definition) is 5. The summed E-state index contributed by atoms with van der Waals surface area (Å²) in [4.78, 5) is 12.5. The molecule has 6 nitrogen and oxygen atoms in total. The molecule has 0 unspecified atom stereocenters. The number of rotatable bonds is 4. The van der Waals surface area contributed by atoms with Crippen molar-refractivity contribution in [2.24, 2.45) is 0 Å². The maximum Gasteiger partial charge on any atom is 0.178 e. The SMILES string of the molecule is C=c1c(-c2nc3nccc(-c4ccsc4)c3[nH]2)n[nH]/c1=C/C=C(\C)C1=CCNCC1. The van der Waals surface area contributed by atoms with Crippen LogP contribution in [0.1, 0.15) is 13.3 Å². The van der Waals surface area contributed by atoms with E-state index in [1.165, 1.54) is 11.1 Å². The largest absolute Gasteiger partial charge is 0.335 e. The molecule has 0 aliphatic carbocycles. The molecule has 4 aromatic rings. The van der Waals surface area contributed by atoms with Crippen molar-refractivity contribution >= 4 is 35.2 Å². The Morgan fingerprint density at radius 1 is 1.30 bits per heavy atom. The van der Waals surface area contributed by atoms with Crippen LogP contribution in [0, 0.1) is 0 Å². The molecule has 0 bridgehead atoms. The zero-order chi connectivity index (χ0) is 20.5. The molecule has 0 saturated heterocycles. The lowest BCUT2D eigenvalue weighted by Gasteiger charge is -2.13. The molecule has 1 aliphatic heterocycles. The third-order valence-electron chi connectivity index (χ3n) is 5.42. The number of aromatic amines is 2. The van der Waals surface area contributed by atoms with Crippen molar-refractivity contribution in [3.05, 3.63) is 63.0 Å². The highest BCUT2D eigenvalue weighted by Gasteiger charge is 2.14. The molecule has 0 aromatic carbocycles. The molecule has 0 radical (unpaired) electrons. The molecular formula is C23H22N6S. The van der Waals surface area contributed by atoms with Crippen LogP contribution in [0.25, 0.3) is 46.5 Å². The van der Waals surface area contributed by atoms with Crippen molar-refractivity contribution in [1.29, 1.82) is 0 Å². The highest BCUT2D eigenvalue weighted by Crippen LogP contribution is 2.28. The summed E-state index contributed by atoms with van der Waals surface area (Å²) in [6, 6.07) is 4.10. The number of allylic oxidation sites excluding steroid dienone is 2. The van der Waals surface area contributed by atoms with E-state index in [0.717, 1.165) is 46.7 Å². The number of hydrogen-bond donors (Lipinski definition) is 3. The summed E-state index contributed by atoms with van der Waals surface area (Å²) < 4.78 is 0. The van der Waals surface area contributed by atoms with E-state index < -0.39 is 0 Å². The number of nitrogens with zero attached hydrogens (tertiary/aromatic N) is 3. The molecule has 30 heavy (non-hydrogen) atoms. The van der Waals surface area contributed by atoms with Gasteiger partial charge in [-0.25, -0.2) is 9.97 Å². The molecular weight excluding hydrogens is 392 g/mol.